The van der Waals surface area contributed by atoms with E-state index in [1.54, 1.807) is 0 Å². The molecule has 2 aromatic rings. The van der Waals surface area contributed by atoms with Crippen LogP contribution in [0.25, 0.3) is 0 Å². The number of fused-ring (bicyclic) bond motifs is 2. The fourth-order valence-corrected chi connectivity index (χ4v) is 7.16. The standard InChI is InChI=1S/C9H8OS2.C8H7BrS2/c10-6-7-1-2-8-9(5-7)12-4-3-11-8;9-6-1-2-7-8(5-6)11-4-3-10-7/h1-2,5-6H,3-4H2;1-2,5H,3-4H2. The van der Waals surface area contributed by atoms with Gasteiger partial charge < -0.3 is 0 Å². The zero-order valence-corrected chi connectivity index (χ0v) is 17.1. The molecule has 1 nitrogen and oxygen atoms in total. The molecular formula is C17H15BrOS4. The maximum Gasteiger partial charge on any atom is 0.150 e. The average Bonchev–Trinajstić information content (AvgIpc) is 2.61. The first-order chi connectivity index (χ1) is 11.3. The third-order valence-electron chi connectivity index (χ3n) is 3.21. The SMILES string of the molecule is Brc1ccc2c(c1)SCCS2.O=Cc1ccc2c(c1)SCCS2. The van der Waals surface area contributed by atoms with Gasteiger partial charge >= 0.3 is 0 Å². The van der Waals surface area contributed by atoms with E-state index in [-0.39, 0.29) is 0 Å². The minimum absolute atomic E-state index is 0.781. The molecule has 0 radical (unpaired) electrons. The van der Waals surface area contributed by atoms with Crippen LogP contribution < -0.4 is 0 Å². The van der Waals surface area contributed by atoms with E-state index in [9.17, 15) is 4.79 Å². The summed E-state index contributed by atoms with van der Waals surface area (Å²) in [4.78, 5) is 15.9. The number of benzene rings is 2. The van der Waals surface area contributed by atoms with Crippen LogP contribution in [-0.4, -0.2) is 29.3 Å². The number of rotatable bonds is 1. The Kier molecular flexibility index (Phi) is 6.89. The molecule has 0 aliphatic carbocycles. The van der Waals surface area contributed by atoms with Gasteiger partial charge in [-0.15, -0.1) is 47.0 Å². The second kappa shape index (κ2) is 8.90. The number of carbonyl (C=O) groups is 1. The minimum atomic E-state index is 0.781. The van der Waals surface area contributed by atoms with Crippen LogP contribution in [0, 0.1) is 0 Å². The van der Waals surface area contributed by atoms with Gasteiger partial charge in [-0.1, -0.05) is 22.0 Å². The van der Waals surface area contributed by atoms with Gasteiger partial charge in [0.05, 0.1) is 0 Å². The molecule has 0 aromatic heterocycles. The van der Waals surface area contributed by atoms with Crippen molar-refractivity contribution in [3.05, 3.63) is 46.4 Å². The topological polar surface area (TPSA) is 17.1 Å². The maximum atomic E-state index is 10.5. The van der Waals surface area contributed by atoms with Crippen LogP contribution in [-0.2, 0) is 0 Å². The molecule has 0 N–H and O–H groups in total. The predicted octanol–water partition coefficient (Wildman–Crippen LogP) is 6.34. The molecule has 4 rings (SSSR count). The number of hydrogen-bond donors (Lipinski definition) is 0. The molecule has 0 fully saturated rings. The van der Waals surface area contributed by atoms with E-state index in [0.717, 1.165) is 17.6 Å². The van der Waals surface area contributed by atoms with E-state index in [2.05, 4.69) is 34.1 Å². The Morgan fingerprint density at radius 1 is 0.739 bits per heavy atom. The molecule has 0 saturated carbocycles. The fourth-order valence-electron chi connectivity index (χ4n) is 2.15. The van der Waals surface area contributed by atoms with Crippen LogP contribution >= 0.6 is 63.0 Å². The lowest BCUT2D eigenvalue weighted by Gasteiger charge is -2.13. The Morgan fingerprint density at radius 2 is 1.26 bits per heavy atom. The van der Waals surface area contributed by atoms with Crippen molar-refractivity contribution >= 4 is 69.3 Å². The summed E-state index contributed by atoms with van der Waals surface area (Å²) in [7, 11) is 0. The summed E-state index contributed by atoms with van der Waals surface area (Å²) in [5.41, 5.74) is 0.781. The summed E-state index contributed by atoms with van der Waals surface area (Å²) in [6, 6.07) is 12.4. The zero-order chi connectivity index (χ0) is 16.1. The number of aldehydes is 1. The van der Waals surface area contributed by atoms with Crippen molar-refractivity contribution in [2.24, 2.45) is 0 Å². The molecule has 2 aliphatic heterocycles. The van der Waals surface area contributed by atoms with E-state index in [0.29, 0.717) is 0 Å². The first kappa shape index (κ1) is 17.8. The van der Waals surface area contributed by atoms with Crippen molar-refractivity contribution in [1.29, 1.82) is 0 Å². The quantitative estimate of drug-likeness (QED) is 0.477. The highest BCUT2D eigenvalue weighted by Gasteiger charge is 2.10. The fraction of sp³-hybridized carbons (Fsp3) is 0.235. The van der Waals surface area contributed by atoms with Crippen molar-refractivity contribution in [2.75, 3.05) is 23.0 Å². The van der Waals surface area contributed by atoms with Gasteiger partial charge in [-0.3, -0.25) is 4.79 Å². The Balaban J connectivity index is 0.000000136. The Hall–Kier alpha value is -0.0100. The lowest BCUT2D eigenvalue weighted by molar-refractivity contribution is 0.112. The largest absolute Gasteiger partial charge is 0.298 e. The van der Waals surface area contributed by atoms with E-state index < -0.39 is 0 Å². The second-order valence-electron chi connectivity index (χ2n) is 4.81. The van der Waals surface area contributed by atoms with E-state index in [1.165, 1.54) is 41.3 Å². The third-order valence-corrected chi connectivity index (χ3v) is 8.74. The van der Waals surface area contributed by atoms with Crippen LogP contribution in [0.15, 0.2) is 60.5 Å². The monoisotopic (exact) mass is 442 g/mol. The van der Waals surface area contributed by atoms with Crippen LogP contribution in [0.1, 0.15) is 10.4 Å². The van der Waals surface area contributed by atoms with Gasteiger partial charge in [0, 0.05) is 52.6 Å². The predicted molar refractivity (Wildman–Crippen MR) is 109 cm³/mol. The molecule has 2 aliphatic rings. The highest BCUT2D eigenvalue weighted by molar-refractivity contribution is 9.10. The van der Waals surface area contributed by atoms with Crippen molar-refractivity contribution in [1.82, 2.24) is 0 Å². The third kappa shape index (κ3) is 4.98. The Morgan fingerprint density at radius 3 is 1.87 bits per heavy atom. The van der Waals surface area contributed by atoms with Crippen molar-refractivity contribution in [3.8, 4) is 0 Å². The molecule has 2 heterocycles. The molecule has 0 amide bonds. The van der Waals surface area contributed by atoms with Gasteiger partial charge in [0.2, 0.25) is 0 Å². The summed E-state index contributed by atoms with van der Waals surface area (Å²) in [6.45, 7) is 0. The Labute approximate surface area is 162 Å². The summed E-state index contributed by atoms with van der Waals surface area (Å²) >= 11 is 11.1. The highest BCUT2D eigenvalue weighted by Crippen LogP contribution is 2.38. The average molecular weight is 443 g/mol. The van der Waals surface area contributed by atoms with E-state index in [4.69, 9.17) is 0 Å². The van der Waals surface area contributed by atoms with Crippen molar-refractivity contribution < 1.29 is 4.79 Å². The molecular weight excluding hydrogens is 428 g/mol. The maximum absolute atomic E-state index is 10.5. The minimum Gasteiger partial charge on any atom is -0.298 e. The molecule has 6 heteroatoms. The number of hydrogen-bond acceptors (Lipinski definition) is 5. The lowest BCUT2D eigenvalue weighted by atomic mass is 10.2. The van der Waals surface area contributed by atoms with E-state index in [1.807, 2.05) is 65.2 Å². The summed E-state index contributed by atoms with van der Waals surface area (Å²) in [6.07, 6.45) is 0.903. The van der Waals surface area contributed by atoms with Gasteiger partial charge in [0.15, 0.2) is 0 Å². The van der Waals surface area contributed by atoms with Crippen LogP contribution in [0.3, 0.4) is 0 Å². The molecule has 0 spiro atoms. The van der Waals surface area contributed by atoms with E-state index >= 15 is 0 Å². The van der Waals surface area contributed by atoms with Gasteiger partial charge in [-0.25, -0.2) is 0 Å². The molecule has 120 valence electrons. The van der Waals surface area contributed by atoms with Crippen molar-refractivity contribution in [2.45, 2.75) is 19.6 Å². The number of thioether (sulfide) groups is 4. The van der Waals surface area contributed by atoms with Gasteiger partial charge in [0.25, 0.3) is 0 Å². The summed E-state index contributed by atoms with van der Waals surface area (Å²) < 4.78 is 1.19. The molecule has 0 atom stereocenters. The normalized spacial score (nSPS) is 15.7. The molecule has 2 aromatic carbocycles. The van der Waals surface area contributed by atoms with Crippen LogP contribution in [0.2, 0.25) is 0 Å². The van der Waals surface area contributed by atoms with Gasteiger partial charge in [-0.05, 0) is 30.3 Å². The van der Waals surface area contributed by atoms with Gasteiger partial charge in [-0.2, -0.15) is 0 Å². The smallest absolute Gasteiger partial charge is 0.150 e. The number of halogens is 1. The van der Waals surface area contributed by atoms with Crippen molar-refractivity contribution in [3.63, 3.8) is 0 Å². The zero-order valence-electron chi connectivity index (χ0n) is 12.3. The molecule has 23 heavy (non-hydrogen) atoms. The van der Waals surface area contributed by atoms with Crippen LogP contribution in [0.4, 0.5) is 0 Å². The highest BCUT2D eigenvalue weighted by atomic mass is 79.9. The van der Waals surface area contributed by atoms with Gasteiger partial charge in [0.1, 0.15) is 6.29 Å². The molecule has 0 unspecified atom stereocenters. The first-order valence-corrected chi connectivity index (χ1v) is 11.9. The number of carbonyl (C=O) groups excluding carboxylic acids is 1. The lowest BCUT2D eigenvalue weighted by Crippen LogP contribution is -1.94. The van der Waals surface area contributed by atoms with Crippen LogP contribution in [0.5, 0.6) is 0 Å². The first-order valence-electron chi connectivity index (χ1n) is 7.16. The summed E-state index contributed by atoms with van der Waals surface area (Å²) in [5, 5.41) is 0. The molecule has 0 saturated heterocycles. The second-order valence-corrected chi connectivity index (χ2v) is 10.3. The summed E-state index contributed by atoms with van der Waals surface area (Å²) in [5.74, 6) is 4.82. The molecule has 0 bridgehead atoms. The Bertz CT molecular complexity index is 705.